The van der Waals surface area contributed by atoms with Crippen molar-refractivity contribution in [3.05, 3.63) is 22.5 Å². The molecule has 2 rings (SSSR count). The highest BCUT2D eigenvalue weighted by molar-refractivity contribution is 7.22. The Morgan fingerprint density at radius 2 is 2.23 bits per heavy atom. The second kappa shape index (κ2) is 3.09. The maximum Gasteiger partial charge on any atom is 0.142 e. The van der Waals surface area contributed by atoms with Gasteiger partial charge in [0.15, 0.2) is 0 Å². The zero-order valence-electron chi connectivity index (χ0n) is 7.00. The van der Waals surface area contributed by atoms with Gasteiger partial charge < -0.3 is 10.5 Å². The number of nitrogens with two attached hydrogens (primary N) is 1. The van der Waals surface area contributed by atoms with Crippen LogP contribution in [0.5, 0.6) is 5.75 Å². The molecule has 0 aliphatic heterocycles. The summed E-state index contributed by atoms with van der Waals surface area (Å²) >= 11 is 7.39. The van der Waals surface area contributed by atoms with Crippen molar-refractivity contribution >= 4 is 38.7 Å². The normalized spacial score (nSPS) is 10.6. The molecule has 13 heavy (non-hydrogen) atoms. The summed E-state index contributed by atoms with van der Waals surface area (Å²) in [5, 5.41) is 0.967. The van der Waals surface area contributed by atoms with Gasteiger partial charge >= 0.3 is 0 Å². The van der Waals surface area contributed by atoms with Crippen LogP contribution >= 0.6 is 22.9 Å². The third kappa shape index (κ3) is 1.34. The summed E-state index contributed by atoms with van der Waals surface area (Å²) in [7, 11) is 1.60. The van der Waals surface area contributed by atoms with E-state index in [1.54, 1.807) is 7.11 Å². The lowest BCUT2D eigenvalue weighted by Gasteiger charge is -2.03. The number of ether oxygens (including phenoxy) is 1. The summed E-state index contributed by atoms with van der Waals surface area (Å²) in [6, 6.07) is 5.67. The van der Waals surface area contributed by atoms with Crippen molar-refractivity contribution in [3.63, 3.8) is 0 Å². The second-order valence-corrected chi connectivity index (χ2v) is 4.36. The standard InChI is InChI=1S/C9H8ClNOS/c1-12-6-2-3-7-5(9(6)11)4-8(10)13-7/h2-4H,11H2,1H3. The molecule has 1 aromatic heterocycles. The summed E-state index contributed by atoms with van der Waals surface area (Å²) in [4.78, 5) is 0. The molecule has 2 nitrogen and oxygen atoms in total. The lowest BCUT2D eigenvalue weighted by atomic mass is 10.2. The third-order valence-corrected chi connectivity index (χ3v) is 3.12. The van der Waals surface area contributed by atoms with Crippen LogP contribution in [-0.2, 0) is 0 Å². The Balaban J connectivity index is 2.78. The predicted octanol–water partition coefficient (Wildman–Crippen LogP) is 3.15. The molecule has 4 heteroatoms. The van der Waals surface area contributed by atoms with E-state index in [2.05, 4.69) is 0 Å². The number of halogens is 1. The van der Waals surface area contributed by atoms with Gasteiger partial charge in [0.2, 0.25) is 0 Å². The van der Waals surface area contributed by atoms with Crippen LogP contribution in [-0.4, -0.2) is 7.11 Å². The van der Waals surface area contributed by atoms with Crippen molar-refractivity contribution in [2.45, 2.75) is 0 Å². The Bertz CT molecular complexity index is 452. The van der Waals surface area contributed by atoms with Crippen LogP contribution in [0, 0.1) is 0 Å². The smallest absolute Gasteiger partial charge is 0.142 e. The molecular weight excluding hydrogens is 206 g/mol. The third-order valence-electron chi connectivity index (χ3n) is 1.89. The van der Waals surface area contributed by atoms with E-state index >= 15 is 0 Å². The molecule has 0 aliphatic carbocycles. The number of thiophene rings is 1. The topological polar surface area (TPSA) is 35.2 Å². The average molecular weight is 214 g/mol. The molecule has 0 saturated heterocycles. The Morgan fingerprint density at radius 3 is 2.92 bits per heavy atom. The largest absolute Gasteiger partial charge is 0.495 e. The van der Waals surface area contributed by atoms with E-state index in [4.69, 9.17) is 22.1 Å². The molecule has 0 saturated carbocycles. The Kier molecular flexibility index (Phi) is 2.06. The molecule has 0 unspecified atom stereocenters. The SMILES string of the molecule is COc1ccc2sc(Cl)cc2c1N. The van der Waals surface area contributed by atoms with E-state index in [0.29, 0.717) is 11.4 Å². The Morgan fingerprint density at radius 1 is 1.46 bits per heavy atom. The van der Waals surface area contributed by atoms with Gasteiger partial charge in [-0.2, -0.15) is 0 Å². The quantitative estimate of drug-likeness (QED) is 0.739. The first kappa shape index (κ1) is 8.66. The minimum Gasteiger partial charge on any atom is -0.495 e. The van der Waals surface area contributed by atoms with Gasteiger partial charge in [0, 0.05) is 10.1 Å². The lowest BCUT2D eigenvalue weighted by molar-refractivity contribution is 0.417. The van der Waals surface area contributed by atoms with E-state index in [1.807, 2.05) is 18.2 Å². The van der Waals surface area contributed by atoms with Gasteiger partial charge in [-0.1, -0.05) is 11.6 Å². The number of anilines is 1. The van der Waals surface area contributed by atoms with E-state index < -0.39 is 0 Å². The highest BCUT2D eigenvalue weighted by Gasteiger charge is 2.07. The van der Waals surface area contributed by atoms with Crippen molar-refractivity contribution in [2.24, 2.45) is 0 Å². The molecule has 2 aromatic rings. The molecular formula is C9H8ClNOS. The van der Waals surface area contributed by atoms with Gasteiger partial charge in [0.25, 0.3) is 0 Å². The van der Waals surface area contributed by atoms with Crippen LogP contribution < -0.4 is 10.5 Å². The number of hydrogen-bond donors (Lipinski definition) is 1. The van der Waals surface area contributed by atoms with E-state index in [9.17, 15) is 0 Å². The molecule has 0 fully saturated rings. The number of methoxy groups -OCH3 is 1. The molecule has 2 N–H and O–H groups in total. The molecule has 0 bridgehead atoms. The van der Waals surface area contributed by atoms with Crippen molar-refractivity contribution in [1.29, 1.82) is 0 Å². The molecule has 1 aromatic carbocycles. The van der Waals surface area contributed by atoms with Gasteiger partial charge in [0.05, 0.1) is 17.1 Å². The highest BCUT2D eigenvalue weighted by Crippen LogP contribution is 2.37. The van der Waals surface area contributed by atoms with Gasteiger partial charge in [-0.15, -0.1) is 11.3 Å². The number of rotatable bonds is 1. The van der Waals surface area contributed by atoms with Crippen LogP contribution in [0.1, 0.15) is 0 Å². The van der Waals surface area contributed by atoms with Crippen LogP contribution in [0.3, 0.4) is 0 Å². The highest BCUT2D eigenvalue weighted by atomic mass is 35.5. The predicted molar refractivity (Wildman–Crippen MR) is 57.8 cm³/mol. The van der Waals surface area contributed by atoms with Gasteiger partial charge in [-0.3, -0.25) is 0 Å². The average Bonchev–Trinajstić information content (AvgIpc) is 2.47. The summed E-state index contributed by atoms with van der Waals surface area (Å²) in [5.74, 6) is 0.696. The maximum atomic E-state index is 5.87. The molecule has 0 spiro atoms. The van der Waals surface area contributed by atoms with Crippen molar-refractivity contribution < 1.29 is 4.74 Å². The second-order valence-electron chi connectivity index (χ2n) is 2.64. The first-order valence-corrected chi connectivity index (χ1v) is 4.93. The van der Waals surface area contributed by atoms with Gasteiger partial charge in [-0.05, 0) is 18.2 Å². The molecule has 0 atom stereocenters. The van der Waals surface area contributed by atoms with E-state index in [0.717, 1.165) is 14.4 Å². The maximum absolute atomic E-state index is 5.87. The van der Waals surface area contributed by atoms with Gasteiger partial charge in [-0.25, -0.2) is 0 Å². The molecule has 68 valence electrons. The fraction of sp³-hybridized carbons (Fsp3) is 0.111. The van der Waals surface area contributed by atoms with Crippen LogP contribution in [0.2, 0.25) is 4.34 Å². The Labute approximate surface area is 84.9 Å². The summed E-state index contributed by atoms with van der Waals surface area (Å²) in [5.41, 5.74) is 6.52. The fourth-order valence-corrected chi connectivity index (χ4v) is 2.42. The summed E-state index contributed by atoms with van der Waals surface area (Å²) in [6.07, 6.45) is 0. The van der Waals surface area contributed by atoms with E-state index in [-0.39, 0.29) is 0 Å². The molecule has 1 heterocycles. The summed E-state index contributed by atoms with van der Waals surface area (Å²) < 4.78 is 6.93. The van der Waals surface area contributed by atoms with Crippen LogP contribution in [0.4, 0.5) is 5.69 Å². The minimum absolute atomic E-state index is 0.656. The number of benzene rings is 1. The molecule has 0 aliphatic rings. The zero-order chi connectivity index (χ0) is 9.42. The number of nitrogen functional groups attached to an aromatic ring is 1. The first-order valence-electron chi connectivity index (χ1n) is 3.74. The van der Waals surface area contributed by atoms with E-state index in [1.165, 1.54) is 11.3 Å². The van der Waals surface area contributed by atoms with Crippen molar-refractivity contribution in [3.8, 4) is 5.75 Å². The molecule has 0 amide bonds. The zero-order valence-corrected chi connectivity index (χ0v) is 8.58. The monoisotopic (exact) mass is 213 g/mol. The van der Waals surface area contributed by atoms with Crippen molar-refractivity contribution in [1.82, 2.24) is 0 Å². The minimum atomic E-state index is 0.656. The van der Waals surface area contributed by atoms with Crippen molar-refractivity contribution in [2.75, 3.05) is 12.8 Å². The number of hydrogen-bond acceptors (Lipinski definition) is 3. The summed E-state index contributed by atoms with van der Waals surface area (Å²) in [6.45, 7) is 0. The fourth-order valence-electron chi connectivity index (χ4n) is 1.26. The van der Waals surface area contributed by atoms with Gasteiger partial charge in [0.1, 0.15) is 5.75 Å². The number of fused-ring (bicyclic) bond motifs is 1. The Hall–Kier alpha value is -0.930. The molecule has 0 radical (unpaired) electrons. The van der Waals surface area contributed by atoms with Crippen LogP contribution in [0.15, 0.2) is 18.2 Å². The first-order chi connectivity index (χ1) is 6.22. The van der Waals surface area contributed by atoms with Crippen LogP contribution in [0.25, 0.3) is 10.1 Å². The lowest BCUT2D eigenvalue weighted by Crippen LogP contribution is -1.91.